The third kappa shape index (κ3) is 6.49. The van der Waals surface area contributed by atoms with E-state index in [0.29, 0.717) is 5.41 Å². The minimum absolute atomic E-state index is 0.277. The number of hydrogen-bond acceptors (Lipinski definition) is 2. The van der Waals surface area contributed by atoms with Crippen LogP contribution in [0.1, 0.15) is 98.6 Å². The van der Waals surface area contributed by atoms with Gasteiger partial charge in [-0.2, -0.15) is 0 Å². The van der Waals surface area contributed by atoms with Crippen LogP contribution in [-0.4, -0.2) is 18.3 Å². The van der Waals surface area contributed by atoms with Gasteiger partial charge in [-0.05, 0) is 75.5 Å². The fourth-order valence-corrected chi connectivity index (χ4v) is 3.63. The molecule has 1 aliphatic rings. The van der Waals surface area contributed by atoms with Gasteiger partial charge in [0.1, 0.15) is 0 Å². The van der Waals surface area contributed by atoms with Crippen LogP contribution >= 0.6 is 0 Å². The van der Waals surface area contributed by atoms with Gasteiger partial charge in [-0.3, -0.25) is 0 Å². The molecule has 0 radical (unpaired) electrons. The van der Waals surface area contributed by atoms with Crippen molar-refractivity contribution in [3.63, 3.8) is 0 Å². The van der Waals surface area contributed by atoms with Gasteiger partial charge in [0.2, 0.25) is 0 Å². The predicted molar refractivity (Wildman–Crippen MR) is 122 cm³/mol. The van der Waals surface area contributed by atoms with Crippen molar-refractivity contribution in [2.45, 2.75) is 105 Å². The van der Waals surface area contributed by atoms with Crippen molar-refractivity contribution in [1.29, 1.82) is 0 Å². The van der Waals surface area contributed by atoms with Crippen LogP contribution in [0.5, 0.6) is 0 Å². The number of hydrogen-bond donors (Lipinski definition) is 0. The number of unbranched alkanes of at least 4 members (excludes halogenated alkanes) is 2. The Morgan fingerprint density at radius 1 is 1.00 bits per heavy atom. The highest BCUT2D eigenvalue weighted by atomic mass is 16.7. The van der Waals surface area contributed by atoms with Gasteiger partial charge in [0, 0.05) is 0 Å². The van der Waals surface area contributed by atoms with E-state index < -0.39 is 0 Å². The van der Waals surface area contributed by atoms with Crippen LogP contribution in [0.2, 0.25) is 0 Å². The van der Waals surface area contributed by atoms with Gasteiger partial charge in [0.15, 0.2) is 0 Å². The summed E-state index contributed by atoms with van der Waals surface area (Å²) in [6.45, 7) is 17.6. The first-order valence-electron chi connectivity index (χ1n) is 11.1. The molecule has 1 fully saturated rings. The largest absolute Gasteiger partial charge is 0.487 e. The summed E-state index contributed by atoms with van der Waals surface area (Å²) in [5.74, 6) is 2.17. The number of benzene rings is 1. The van der Waals surface area contributed by atoms with Crippen LogP contribution in [0.15, 0.2) is 30.2 Å². The second-order valence-corrected chi connectivity index (χ2v) is 10.5. The van der Waals surface area contributed by atoms with Crippen LogP contribution in [0.25, 0.3) is 5.57 Å². The molecule has 1 heterocycles. The first-order chi connectivity index (χ1) is 12.9. The van der Waals surface area contributed by atoms with Crippen molar-refractivity contribution in [2.75, 3.05) is 0 Å². The fraction of sp³-hybridized carbons (Fsp3) is 0.680. The van der Waals surface area contributed by atoms with E-state index in [-0.39, 0.29) is 18.3 Å². The molecule has 0 amide bonds. The van der Waals surface area contributed by atoms with Gasteiger partial charge in [-0.1, -0.05) is 70.8 Å². The van der Waals surface area contributed by atoms with E-state index >= 15 is 0 Å². The summed E-state index contributed by atoms with van der Waals surface area (Å²) in [4.78, 5) is 0. The van der Waals surface area contributed by atoms with Gasteiger partial charge in [0.25, 0.3) is 0 Å². The Bertz CT molecular complexity index is 651. The van der Waals surface area contributed by atoms with E-state index in [4.69, 9.17) is 9.31 Å². The normalized spacial score (nSPS) is 19.3. The molecule has 2 rings (SSSR count). The molecule has 28 heavy (non-hydrogen) atoms. The van der Waals surface area contributed by atoms with E-state index in [1.165, 1.54) is 42.4 Å². The van der Waals surface area contributed by atoms with E-state index in [1.54, 1.807) is 0 Å². The summed E-state index contributed by atoms with van der Waals surface area (Å²) in [5.41, 5.74) is 3.90. The summed E-state index contributed by atoms with van der Waals surface area (Å²) in [6, 6.07) is 9.01. The van der Waals surface area contributed by atoms with Crippen LogP contribution in [-0.2, 0) is 15.7 Å². The third-order valence-corrected chi connectivity index (χ3v) is 6.18. The van der Waals surface area contributed by atoms with Gasteiger partial charge >= 0.3 is 7.12 Å². The maximum absolute atomic E-state index is 6.17. The maximum atomic E-state index is 6.17. The average Bonchev–Trinajstić information content (AvgIpc) is 2.78. The van der Waals surface area contributed by atoms with Crippen molar-refractivity contribution in [2.24, 2.45) is 5.41 Å². The summed E-state index contributed by atoms with van der Waals surface area (Å²) in [6.07, 6.45) is 7.34. The molecule has 0 N–H and O–H groups in total. The minimum Gasteiger partial charge on any atom is -0.400 e. The lowest BCUT2D eigenvalue weighted by atomic mass is 9.83. The molecule has 3 heteroatoms. The van der Waals surface area contributed by atoms with Crippen molar-refractivity contribution in [1.82, 2.24) is 0 Å². The molecule has 0 saturated carbocycles. The zero-order chi connectivity index (χ0) is 21.0. The van der Waals surface area contributed by atoms with E-state index in [9.17, 15) is 0 Å². The standard InChI is InChI=1S/C25H41BO2/c1-9-21(19-26-27-24(5,6)25(7,8)28-26)22-16-13-15-20(18-22)14-11-10-12-17-23(2,3)4/h13,15-16,18-19H,9-12,14,17H2,1-8H3/b21-19+. The molecule has 0 bridgehead atoms. The Morgan fingerprint density at radius 3 is 2.21 bits per heavy atom. The Morgan fingerprint density at radius 2 is 1.64 bits per heavy atom. The fourth-order valence-electron chi connectivity index (χ4n) is 3.63. The molecule has 0 aliphatic carbocycles. The Kier molecular flexibility index (Phi) is 7.61. The van der Waals surface area contributed by atoms with Crippen molar-refractivity contribution in [3.8, 4) is 0 Å². The van der Waals surface area contributed by atoms with Crippen molar-refractivity contribution in [3.05, 3.63) is 41.4 Å². The molecule has 0 aromatic heterocycles. The minimum atomic E-state index is -0.290. The molecule has 156 valence electrons. The second-order valence-electron chi connectivity index (χ2n) is 10.5. The molecule has 1 saturated heterocycles. The van der Waals surface area contributed by atoms with Crippen molar-refractivity contribution < 1.29 is 9.31 Å². The number of allylic oxidation sites excluding steroid dienone is 1. The Hall–Kier alpha value is -1.06. The molecule has 0 atom stereocenters. The maximum Gasteiger partial charge on any atom is 0.487 e. The average molecular weight is 384 g/mol. The molecule has 0 unspecified atom stereocenters. The summed E-state index contributed by atoms with van der Waals surface area (Å²) in [7, 11) is -0.277. The number of rotatable bonds is 8. The van der Waals surface area contributed by atoms with E-state index in [2.05, 4.69) is 85.6 Å². The van der Waals surface area contributed by atoms with Crippen LogP contribution in [0, 0.1) is 5.41 Å². The summed E-state index contributed by atoms with van der Waals surface area (Å²) < 4.78 is 12.3. The smallest absolute Gasteiger partial charge is 0.400 e. The topological polar surface area (TPSA) is 18.5 Å². The van der Waals surface area contributed by atoms with E-state index in [0.717, 1.165) is 12.8 Å². The zero-order valence-electron chi connectivity index (χ0n) is 19.5. The van der Waals surface area contributed by atoms with Crippen LogP contribution < -0.4 is 0 Å². The summed E-state index contributed by atoms with van der Waals surface area (Å²) in [5, 5.41) is 0. The van der Waals surface area contributed by atoms with Gasteiger partial charge in [0.05, 0.1) is 11.2 Å². The lowest BCUT2D eigenvalue weighted by molar-refractivity contribution is 0.00578. The zero-order valence-corrected chi connectivity index (χ0v) is 19.5. The molecule has 1 aromatic rings. The third-order valence-electron chi connectivity index (χ3n) is 6.18. The number of aryl methyl sites for hydroxylation is 1. The summed E-state index contributed by atoms with van der Waals surface area (Å²) >= 11 is 0. The Balaban J connectivity index is 1.99. The highest BCUT2D eigenvalue weighted by Gasteiger charge is 2.50. The molecular formula is C25H41BO2. The highest BCUT2D eigenvalue weighted by Crippen LogP contribution is 2.38. The van der Waals surface area contributed by atoms with Gasteiger partial charge in [-0.25, -0.2) is 0 Å². The monoisotopic (exact) mass is 384 g/mol. The SMILES string of the molecule is CC/C(=C\B1OC(C)(C)C(C)(C)O1)c1cccc(CCCCCC(C)(C)C)c1. The molecule has 2 nitrogen and oxygen atoms in total. The van der Waals surface area contributed by atoms with Crippen LogP contribution in [0.3, 0.4) is 0 Å². The molecule has 1 aromatic carbocycles. The molecule has 1 aliphatic heterocycles. The first-order valence-corrected chi connectivity index (χ1v) is 11.1. The predicted octanol–water partition coefficient (Wildman–Crippen LogP) is 7.26. The van der Waals surface area contributed by atoms with Crippen LogP contribution in [0.4, 0.5) is 0 Å². The molecule has 0 spiro atoms. The van der Waals surface area contributed by atoms with Crippen molar-refractivity contribution >= 4 is 12.7 Å². The lowest BCUT2D eigenvalue weighted by Crippen LogP contribution is -2.41. The first kappa shape index (κ1) is 23.2. The van der Waals surface area contributed by atoms with E-state index in [1.807, 2.05) is 0 Å². The Labute approximate surface area is 174 Å². The lowest BCUT2D eigenvalue weighted by Gasteiger charge is -2.32. The molecular weight excluding hydrogens is 343 g/mol. The highest BCUT2D eigenvalue weighted by molar-refractivity contribution is 6.53. The van der Waals surface area contributed by atoms with Gasteiger partial charge < -0.3 is 9.31 Å². The quantitative estimate of drug-likeness (QED) is 0.347. The second kappa shape index (κ2) is 9.18. The van der Waals surface area contributed by atoms with Gasteiger partial charge in [-0.15, -0.1) is 0 Å².